The van der Waals surface area contributed by atoms with Crippen molar-refractivity contribution in [2.45, 2.75) is 6.42 Å². The predicted molar refractivity (Wildman–Crippen MR) is 77.4 cm³/mol. The fraction of sp³-hybridized carbons (Fsp3) is 0.0625. The third kappa shape index (κ3) is 3.65. The molecule has 0 nitrogen and oxygen atoms in total. The van der Waals surface area contributed by atoms with E-state index in [1.54, 1.807) is 0 Å². The highest BCUT2D eigenvalue weighted by Gasteiger charge is 1.94. The van der Waals surface area contributed by atoms with Crippen LogP contribution in [0.25, 0.3) is 0 Å². The van der Waals surface area contributed by atoms with Gasteiger partial charge in [0.2, 0.25) is 0 Å². The highest BCUT2D eigenvalue weighted by Crippen LogP contribution is 2.04. The lowest BCUT2D eigenvalue weighted by Crippen LogP contribution is -1.91. The summed E-state index contributed by atoms with van der Waals surface area (Å²) in [6, 6.07) is 20.5. The fourth-order valence-corrected chi connectivity index (χ4v) is 1.85. The molecule has 0 saturated heterocycles. The zero-order valence-electron chi connectivity index (χ0n) is 9.54. The molecule has 17 heavy (non-hydrogen) atoms. The van der Waals surface area contributed by atoms with Crippen LogP contribution in [0.1, 0.15) is 11.1 Å². The van der Waals surface area contributed by atoms with Gasteiger partial charge in [0.15, 0.2) is 0 Å². The van der Waals surface area contributed by atoms with E-state index in [9.17, 15) is 0 Å². The van der Waals surface area contributed by atoms with Crippen molar-refractivity contribution in [2.24, 2.45) is 0 Å². The van der Waals surface area contributed by atoms with Gasteiger partial charge in [-0.15, -0.1) is 0 Å². The maximum atomic E-state index is 5.35. The van der Waals surface area contributed by atoms with Gasteiger partial charge in [0.05, 0.1) is 0 Å². The first-order valence-electron chi connectivity index (χ1n) is 5.66. The molecule has 2 aromatic carbocycles. The number of benzene rings is 2. The van der Waals surface area contributed by atoms with Crippen LogP contribution in [0.2, 0.25) is 0 Å². The molecule has 0 atom stereocenters. The third-order valence-electron chi connectivity index (χ3n) is 2.52. The van der Waals surface area contributed by atoms with E-state index in [0.29, 0.717) is 0 Å². The second-order valence-electron chi connectivity index (χ2n) is 3.82. The Morgan fingerprint density at radius 3 is 2.12 bits per heavy atom. The maximum absolute atomic E-state index is 5.35. The quantitative estimate of drug-likeness (QED) is 0.437. The molecule has 0 aliphatic carbocycles. The second kappa shape index (κ2) is 6.12. The molecule has 0 bridgehead atoms. The van der Waals surface area contributed by atoms with Gasteiger partial charge in [-0.25, -0.2) is 0 Å². The summed E-state index contributed by atoms with van der Waals surface area (Å²) in [7, 11) is 0. The van der Waals surface area contributed by atoms with E-state index in [1.807, 2.05) is 42.5 Å². The van der Waals surface area contributed by atoms with E-state index in [2.05, 4.69) is 30.3 Å². The van der Waals surface area contributed by atoms with Crippen LogP contribution >= 0.6 is 12.2 Å². The van der Waals surface area contributed by atoms with Crippen LogP contribution in [0.3, 0.4) is 0 Å². The Morgan fingerprint density at radius 1 is 0.882 bits per heavy atom. The van der Waals surface area contributed by atoms with Gasteiger partial charge in [0, 0.05) is 4.86 Å². The molecule has 84 valence electrons. The van der Waals surface area contributed by atoms with Gasteiger partial charge in [0.25, 0.3) is 0 Å². The van der Waals surface area contributed by atoms with Crippen LogP contribution in [0.4, 0.5) is 0 Å². The second-order valence-corrected chi connectivity index (χ2v) is 4.26. The van der Waals surface area contributed by atoms with Crippen molar-refractivity contribution in [3.8, 4) is 0 Å². The predicted octanol–water partition coefficient (Wildman–Crippen LogP) is 4.20. The zero-order valence-corrected chi connectivity index (χ0v) is 10.4. The van der Waals surface area contributed by atoms with Crippen LogP contribution in [-0.2, 0) is 6.42 Å². The minimum absolute atomic E-state index is 0.890. The van der Waals surface area contributed by atoms with Gasteiger partial charge in [-0.3, -0.25) is 0 Å². The van der Waals surface area contributed by atoms with Crippen LogP contribution in [0.5, 0.6) is 0 Å². The Labute approximate surface area is 108 Å². The summed E-state index contributed by atoms with van der Waals surface area (Å²) >= 11 is 5.35. The molecule has 0 radical (unpaired) electrons. The van der Waals surface area contributed by atoms with E-state index >= 15 is 0 Å². The highest BCUT2D eigenvalue weighted by atomic mass is 32.1. The molecule has 2 rings (SSSR count). The van der Waals surface area contributed by atoms with Crippen LogP contribution < -0.4 is 0 Å². The van der Waals surface area contributed by atoms with Gasteiger partial charge in [-0.05, 0) is 23.6 Å². The van der Waals surface area contributed by atoms with E-state index < -0.39 is 0 Å². The molecule has 0 fully saturated rings. The first-order chi connectivity index (χ1) is 8.36. The third-order valence-corrected chi connectivity index (χ3v) is 2.90. The number of rotatable bonds is 4. The van der Waals surface area contributed by atoms with Crippen molar-refractivity contribution in [2.75, 3.05) is 0 Å². The van der Waals surface area contributed by atoms with Gasteiger partial charge >= 0.3 is 0 Å². The summed E-state index contributed by atoms with van der Waals surface area (Å²) < 4.78 is 0. The van der Waals surface area contributed by atoms with E-state index in [1.165, 1.54) is 5.56 Å². The van der Waals surface area contributed by atoms with E-state index in [4.69, 9.17) is 12.2 Å². The summed E-state index contributed by atoms with van der Waals surface area (Å²) in [5.41, 5.74) is 2.41. The minimum Gasteiger partial charge on any atom is -0.0795 e. The number of hydrogen-bond donors (Lipinski definition) is 0. The maximum Gasteiger partial charge on any atom is 0.0446 e. The Kier molecular flexibility index (Phi) is 4.23. The Hall–Kier alpha value is -1.73. The van der Waals surface area contributed by atoms with Crippen molar-refractivity contribution in [3.05, 3.63) is 83.9 Å². The Morgan fingerprint density at radius 2 is 1.47 bits per heavy atom. The molecule has 0 aromatic heterocycles. The molecular weight excluding hydrogens is 224 g/mol. The first-order valence-corrected chi connectivity index (χ1v) is 6.07. The molecule has 0 amide bonds. The Balaban J connectivity index is 1.96. The van der Waals surface area contributed by atoms with E-state index in [-0.39, 0.29) is 0 Å². The topological polar surface area (TPSA) is 0 Å². The lowest BCUT2D eigenvalue weighted by molar-refractivity contribution is 1.27. The first kappa shape index (κ1) is 11.7. The van der Waals surface area contributed by atoms with Gasteiger partial charge in [0.1, 0.15) is 0 Å². The van der Waals surface area contributed by atoms with Gasteiger partial charge in [-0.2, -0.15) is 0 Å². The fourth-order valence-electron chi connectivity index (χ4n) is 1.61. The van der Waals surface area contributed by atoms with Crippen molar-refractivity contribution in [1.82, 2.24) is 0 Å². The molecular formula is C16H14S. The SMILES string of the molecule is S=C(C=CCc1ccccc1)c1ccccc1. The monoisotopic (exact) mass is 238 g/mol. The largest absolute Gasteiger partial charge is 0.0795 e. The number of allylic oxidation sites excluding steroid dienone is 2. The molecule has 0 aliphatic heterocycles. The molecule has 0 spiro atoms. The molecule has 0 saturated carbocycles. The Bertz CT molecular complexity index is 498. The number of hydrogen-bond acceptors (Lipinski definition) is 1. The van der Waals surface area contributed by atoms with Gasteiger partial charge in [-0.1, -0.05) is 79.0 Å². The average molecular weight is 238 g/mol. The molecule has 0 heterocycles. The molecule has 0 aliphatic rings. The van der Waals surface area contributed by atoms with Crippen LogP contribution in [0, 0.1) is 0 Å². The summed E-state index contributed by atoms with van der Waals surface area (Å²) in [6.07, 6.45) is 5.05. The molecule has 0 unspecified atom stereocenters. The minimum atomic E-state index is 0.890. The van der Waals surface area contributed by atoms with Crippen LogP contribution in [0.15, 0.2) is 72.8 Å². The summed E-state index contributed by atoms with van der Waals surface area (Å²) in [6.45, 7) is 0. The lowest BCUT2D eigenvalue weighted by Gasteiger charge is -1.98. The number of thiocarbonyl (C=S) groups is 1. The van der Waals surface area contributed by atoms with Crippen LogP contribution in [-0.4, -0.2) is 4.86 Å². The average Bonchev–Trinajstić information content (AvgIpc) is 2.41. The lowest BCUT2D eigenvalue weighted by atomic mass is 10.1. The van der Waals surface area contributed by atoms with Crippen molar-refractivity contribution in [3.63, 3.8) is 0 Å². The molecule has 0 N–H and O–H groups in total. The summed E-state index contributed by atoms with van der Waals surface area (Å²) in [4.78, 5) is 0.890. The van der Waals surface area contributed by atoms with Gasteiger partial charge < -0.3 is 0 Å². The summed E-state index contributed by atoms with van der Waals surface area (Å²) in [5, 5.41) is 0. The molecule has 2 aromatic rings. The standard InChI is InChI=1S/C16H14S/c17-16(15-11-5-2-6-12-15)13-7-10-14-8-3-1-4-9-14/h1-9,11-13H,10H2. The molecule has 1 heteroatoms. The van der Waals surface area contributed by atoms with Crippen molar-refractivity contribution >= 4 is 17.1 Å². The van der Waals surface area contributed by atoms with Crippen molar-refractivity contribution < 1.29 is 0 Å². The van der Waals surface area contributed by atoms with Crippen molar-refractivity contribution in [1.29, 1.82) is 0 Å². The zero-order chi connectivity index (χ0) is 11.9. The highest BCUT2D eigenvalue weighted by molar-refractivity contribution is 7.81. The summed E-state index contributed by atoms with van der Waals surface area (Å²) in [5.74, 6) is 0. The normalized spacial score (nSPS) is 10.6. The smallest absolute Gasteiger partial charge is 0.0446 e. The van der Waals surface area contributed by atoms with E-state index in [0.717, 1.165) is 16.8 Å².